The summed E-state index contributed by atoms with van der Waals surface area (Å²) in [6.45, 7) is 0. The van der Waals surface area contributed by atoms with Gasteiger partial charge in [0.2, 0.25) is 0 Å². The molecule has 0 aromatic heterocycles. The molecule has 0 heterocycles. The van der Waals surface area contributed by atoms with Crippen LogP contribution < -0.4 is 14.2 Å². The lowest BCUT2D eigenvalue weighted by Gasteiger charge is -2.34. The zero-order valence-corrected chi connectivity index (χ0v) is 16.4. The third-order valence-electron chi connectivity index (χ3n) is 4.60. The lowest BCUT2D eigenvalue weighted by atomic mass is 9.82. The molecule has 0 saturated carbocycles. The van der Waals surface area contributed by atoms with Gasteiger partial charge < -0.3 is 14.2 Å². The molecule has 0 N–H and O–H groups in total. The highest BCUT2D eigenvalue weighted by molar-refractivity contribution is 7.19. The lowest BCUT2D eigenvalue weighted by molar-refractivity contribution is 0.393. The van der Waals surface area contributed by atoms with E-state index in [1.807, 2.05) is 54.6 Å². The number of ether oxygens (including phenoxy) is 3. The van der Waals surface area contributed by atoms with Crippen molar-refractivity contribution in [1.29, 1.82) is 0 Å². The molecule has 0 fully saturated rings. The molecule has 0 saturated heterocycles. The zero-order valence-electron chi connectivity index (χ0n) is 15.2. The monoisotopic (exact) mass is 366 g/mol. The van der Waals surface area contributed by atoms with Gasteiger partial charge in [-0.1, -0.05) is 54.6 Å². The predicted octanol–water partition coefficient (Wildman–Crippen LogP) is 4.88. The van der Waals surface area contributed by atoms with Crippen LogP contribution >= 0.6 is 9.24 Å². The largest absolute Gasteiger partial charge is 0.496 e. The van der Waals surface area contributed by atoms with E-state index in [2.05, 4.69) is 27.4 Å². The average molecular weight is 366 g/mol. The first-order chi connectivity index (χ1) is 12.7. The molecule has 26 heavy (non-hydrogen) atoms. The van der Waals surface area contributed by atoms with Gasteiger partial charge in [-0.3, -0.25) is 0 Å². The number of methoxy groups -OCH3 is 3. The van der Waals surface area contributed by atoms with Crippen molar-refractivity contribution in [2.45, 2.75) is 5.16 Å². The van der Waals surface area contributed by atoms with E-state index in [-0.39, 0.29) is 0 Å². The van der Waals surface area contributed by atoms with E-state index in [0.717, 1.165) is 33.9 Å². The van der Waals surface area contributed by atoms with Crippen molar-refractivity contribution in [2.24, 2.45) is 0 Å². The first kappa shape index (κ1) is 18.3. The van der Waals surface area contributed by atoms with Crippen molar-refractivity contribution in [3.63, 3.8) is 0 Å². The van der Waals surface area contributed by atoms with Crippen LogP contribution in [0.5, 0.6) is 17.2 Å². The lowest BCUT2D eigenvalue weighted by Crippen LogP contribution is -2.24. The molecule has 0 bridgehead atoms. The Morgan fingerprint density at radius 1 is 0.538 bits per heavy atom. The van der Waals surface area contributed by atoms with E-state index in [9.17, 15) is 0 Å². The van der Waals surface area contributed by atoms with Crippen LogP contribution in [-0.2, 0) is 5.16 Å². The molecule has 0 spiro atoms. The Morgan fingerprint density at radius 3 is 1.08 bits per heavy atom. The number of rotatable bonds is 6. The molecule has 3 aromatic carbocycles. The summed E-state index contributed by atoms with van der Waals surface area (Å²) in [5, 5.41) is -0.605. The fourth-order valence-electron chi connectivity index (χ4n) is 3.35. The van der Waals surface area contributed by atoms with Gasteiger partial charge in [0.05, 0.1) is 26.5 Å². The Bertz CT molecular complexity index is 776. The van der Waals surface area contributed by atoms with Gasteiger partial charge in [-0.2, -0.15) is 0 Å². The molecule has 1 atom stereocenters. The molecular weight excluding hydrogens is 343 g/mol. The van der Waals surface area contributed by atoms with E-state index in [4.69, 9.17) is 14.2 Å². The topological polar surface area (TPSA) is 27.7 Å². The van der Waals surface area contributed by atoms with Gasteiger partial charge in [0.1, 0.15) is 17.2 Å². The first-order valence-electron chi connectivity index (χ1n) is 8.36. The van der Waals surface area contributed by atoms with Crippen LogP contribution in [0.2, 0.25) is 0 Å². The second kappa shape index (κ2) is 7.80. The molecule has 134 valence electrons. The number of hydrogen-bond acceptors (Lipinski definition) is 3. The highest BCUT2D eigenvalue weighted by Gasteiger charge is 2.38. The Hall–Kier alpha value is -2.51. The average Bonchev–Trinajstić information content (AvgIpc) is 2.73. The van der Waals surface area contributed by atoms with Gasteiger partial charge >= 0.3 is 0 Å². The molecular formula is C22H23O3P. The highest BCUT2D eigenvalue weighted by atomic mass is 31.0. The third kappa shape index (κ3) is 3.04. The molecule has 3 nitrogen and oxygen atoms in total. The molecule has 0 aliphatic heterocycles. The molecule has 0 amide bonds. The van der Waals surface area contributed by atoms with Gasteiger partial charge in [0.25, 0.3) is 0 Å². The highest BCUT2D eigenvalue weighted by Crippen LogP contribution is 2.53. The number of para-hydroxylation sites is 3. The molecule has 0 radical (unpaired) electrons. The maximum atomic E-state index is 5.69. The van der Waals surface area contributed by atoms with Gasteiger partial charge in [-0.15, -0.1) is 9.24 Å². The predicted molar refractivity (Wildman–Crippen MR) is 109 cm³/mol. The van der Waals surface area contributed by atoms with Crippen LogP contribution in [-0.4, -0.2) is 21.3 Å². The fourth-order valence-corrected chi connectivity index (χ4v) is 4.06. The first-order valence-corrected chi connectivity index (χ1v) is 8.94. The normalized spacial score (nSPS) is 11.1. The van der Waals surface area contributed by atoms with E-state index < -0.39 is 5.16 Å². The maximum absolute atomic E-state index is 5.69. The van der Waals surface area contributed by atoms with Gasteiger partial charge in [-0.05, 0) is 18.2 Å². The summed E-state index contributed by atoms with van der Waals surface area (Å²) in [6, 6.07) is 24.1. The van der Waals surface area contributed by atoms with Crippen LogP contribution in [0.4, 0.5) is 0 Å². The van der Waals surface area contributed by atoms with E-state index in [1.54, 1.807) is 21.3 Å². The van der Waals surface area contributed by atoms with E-state index >= 15 is 0 Å². The van der Waals surface area contributed by atoms with Gasteiger partial charge in [0, 0.05) is 16.7 Å². The zero-order chi connectivity index (χ0) is 18.6. The number of hydrogen-bond donors (Lipinski definition) is 0. The molecule has 0 aliphatic carbocycles. The van der Waals surface area contributed by atoms with Crippen molar-refractivity contribution < 1.29 is 14.2 Å². The van der Waals surface area contributed by atoms with E-state index in [1.165, 1.54) is 0 Å². The summed E-state index contributed by atoms with van der Waals surface area (Å²) in [7, 11) is 8.08. The van der Waals surface area contributed by atoms with Crippen molar-refractivity contribution >= 4 is 9.24 Å². The molecule has 3 aromatic rings. The molecule has 0 aliphatic rings. The van der Waals surface area contributed by atoms with Gasteiger partial charge in [-0.25, -0.2) is 0 Å². The summed E-state index contributed by atoms with van der Waals surface area (Å²) in [5.41, 5.74) is 3.05. The third-order valence-corrected chi connectivity index (χ3v) is 5.53. The molecule has 4 heteroatoms. The van der Waals surface area contributed by atoms with Crippen LogP contribution in [0.3, 0.4) is 0 Å². The van der Waals surface area contributed by atoms with Gasteiger partial charge in [0.15, 0.2) is 0 Å². The summed E-state index contributed by atoms with van der Waals surface area (Å²) in [6.07, 6.45) is 0. The second-order valence-electron chi connectivity index (χ2n) is 5.91. The quantitative estimate of drug-likeness (QED) is 0.460. The molecule has 1 unspecified atom stereocenters. The summed E-state index contributed by atoms with van der Waals surface area (Å²) in [5.74, 6) is 2.41. The summed E-state index contributed by atoms with van der Waals surface area (Å²) in [4.78, 5) is 0. The van der Waals surface area contributed by atoms with Crippen molar-refractivity contribution in [2.75, 3.05) is 21.3 Å². The Kier molecular flexibility index (Phi) is 5.49. The minimum absolute atomic E-state index is 0.605. The van der Waals surface area contributed by atoms with Crippen molar-refractivity contribution in [1.82, 2.24) is 0 Å². The fraction of sp³-hybridized carbons (Fsp3) is 0.182. The van der Waals surface area contributed by atoms with Crippen molar-refractivity contribution in [3.05, 3.63) is 89.5 Å². The Balaban J connectivity index is 2.40. The summed E-state index contributed by atoms with van der Waals surface area (Å²) >= 11 is 0. The van der Waals surface area contributed by atoms with Crippen LogP contribution in [0, 0.1) is 0 Å². The Morgan fingerprint density at radius 2 is 0.808 bits per heavy atom. The van der Waals surface area contributed by atoms with Crippen LogP contribution in [0.1, 0.15) is 16.7 Å². The van der Waals surface area contributed by atoms with Crippen LogP contribution in [0.15, 0.2) is 72.8 Å². The van der Waals surface area contributed by atoms with Crippen molar-refractivity contribution in [3.8, 4) is 17.2 Å². The Labute approximate surface area is 157 Å². The SMILES string of the molecule is COc1ccccc1C(P)(c1ccccc1OC)c1ccccc1OC. The number of benzene rings is 3. The standard InChI is InChI=1S/C22H23O3P/c1-23-19-13-7-4-10-16(19)22(26,17-11-5-8-14-20(17)24-2)18-12-6-9-15-21(18)25-3/h4-15H,26H2,1-3H3. The summed E-state index contributed by atoms with van der Waals surface area (Å²) < 4.78 is 17.1. The molecule has 3 rings (SSSR count). The minimum Gasteiger partial charge on any atom is -0.496 e. The maximum Gasteiger partial charge on any atom is 0.123 e. The van der Waals surface area contributed by atoms with Crippen LogP contribution in [0.25, 0.3) is 0 Å². The van der Waals surface area contributed by atoms with E-state index in [0.29, 0.717) is 0 Å². The smallest absolute Gasteiger partial charge is 0.123 e. The minimum atomic E-state index is -0.605. The second-order valence-corrected chi connectivity index (χ2v) is 6.77.